The molecule has 0 saturated carbocycles. The minimum atomic E-state index is 0.240. The Labute approximate surface area is 198 Å². The van der Waals surface area contributed by atoms with Crippen LogP contribution in [0.5, 0.6) is 5.88 Å². The van der Waals surface area contributed by atoms with E-state index in [1.54, 1.807) is 6.20 Å². The molecule has 0 bridgehead atoms. The van der Waals surface area contributed by atoms with E-state index in [-0.39, 0.29) is 5.88 Å². The standard InChI is InChI=1S/C26H28N6O2/c1-31-9-11-32(12-10-31)21-6-3-17(4-7-21)22-14-19-13-18(5-8-24(19)30-25(22)28)20-15-23(27)26(29-16-20)34-33-2/h3-8,13-16H,9-12,27H2,1-2H3,(H2,28,30). The molecule has 5 rings (SSSR count). The van der Waals surface area contributed by atoms with E-state index in [2.05, 4.69) is 68.1 Å². The second-order valence-corrected chi connectivity index (χ2v) is 8.53. The maximum Gasteiger partial charge on any atom is 0.279 e. The van der Waals surface area contributed by atoms with Gasteiger partial charge in [0, 0.05) is 54.6 Å². The second kappa shape index (κ2) is 9.17. The summed E-state index contributed by atoms with van der Waals surface area (Å²) in [5.74, 6) is 0.753. The van der Waals surface area contributed by atoms with Crippen molar-refractivity contribution in [2.24, 2.45) is 0 Å². The molecule has 8 nitrogen and oxygen atoms in total. The van der Waals surface area contributed by atoms with E-state index in [0.29, 0.717) is 11.5 Å². The number of anilines is 3. The molecule has 4 aromatic rings. The van der Waals surface area contributed by atoms with Crippen LogP contribution >= 0.6 is 0 Å². The van der Waals surface area contributed by atoms with Gasteiger partial charge in [0.1, 0.15) is 5.82 Å². The van der Waals surface area contributed by atoms with Gasteiger partial charge in [-0.1, -0.05) is 18.2 Å². The van der Waals surface area contributed by atoms with Crippen molar-refractivity contribution in [3.05, 3.63) is 60.8 Å². The fourth-order valence-electron chi connectivity index (χ4n) is 4.29. The topological polar surface area (TPSA) is 103 Å². The highest BCUT2D eigenvalue weighted by Gasteiger charge is 2.15. The Hall–Kier alpha value is -3.88. The molecule has 3 heterocycles. The quantitative estimate of drug-likeness (QED) is 0.345. The van der Waals surface area contributed by atoms with E-state index in [1.165, 1.54) is 12.8 Å². The van der Waals surface area contributed by atoms with Gasteiger partial charge in [-0.3, -0.25) is 0 Å². The Balaban J connectivity index is 1.45. The average Bonchev–Trinajstić information content (AvgIpc) is 2.85. The molecule has 1 aliphatic heterocycles. The molecular weight excluding hydrogens is 428 g/mol. The number of rotatable bonds is 5. The van der Waals surface area contributed by atoms with Crippen molar-refractivity contribution in [3.63, 3.8) is 0 Å². The van der Waals surface area contributed by atoms with E-state index in [9.17, 15) is 0 Å². The molecule has 8 heteroatoms. The predicted molar refractivity (Wildman–Crippen MR) is 137 cm³/mol. The van der Waals surface area contributed by atoms with Crippen LogP contribution in [0.25, 0.3) is 33.2 Å². The van der Waals surface area contributed by atoms with Crippen molar-refractivity contribution in [2.75, 3.05) is 56.7 Å². The number of nitrogens with two attached hydrogens (primary N) is 2. The largest absolute Gasteiger partial charge is 0.394 e. The first-order valence-electron chi connectivity index (χ1n) is 11.2. The third-order valence-electron chi connectivity index (χ3n) is 6.27. The van der Waals surface area contributed by atoms with Crippen LogP contribution in [0.4, 0.5) is 17.2 Å². The lowest BCUT2D eigenvalue weighted by Gasteiger charge is -2.34. The fraction of sp³-hybridized carbons (Fsp3) is 0.231. The molecular formula is C26H28N6O2. The lowest BCUT2D eigenvalue weighted by atomic mass is 10.0. The number of likely N-dealkylation sites (N-methyl/N-ethyl adjacent to an activating group) is 1. The van der Waals surface area contributed by atoms with Crippen molar-refractivity contribution in [1.29, 1.82) is 0 Å². The Kier molecular flexibility index (Phi) is 5.91. The summed E-state index contributed by atoms with van der Waals surface area (Å²) in [4.78, 5) is 23.3. The van der Waals surface area contributed by atoms with Gasteiger partial charge >= 0.3 is 0 Å². The number of hydrogen-bond acceptors (Lipinski definition) is 8. The normalized spacial score (nSPS) is 14.5. The molecule has 0 spiro atoms. The molecule has 0 unspecified atom stereocenters. The van der Waals surface area contributed by atoms with Crippen molar-refractivity contribution < 1.29 is 9.78 Å². The van der Waals surface area contributed by atoms with Gasteiger partial charge in [-0.2, -0.15) is 4.89 Å². The highest BCUT2D eigenvalue weighted by molar-refractivity contribution is 5.91. The van der Waals surface area contributed by atoms with E-state index >= 15 is 0 Å². The summed E-state index contributed by atoms with van der Waals surface area (Å²) in [6.45, 7) is 4.23. The maximum atomic E-state index is 6.35. The van der Waals surface area contributed by atoms with Gasteiger partial charge in [0.15, 0.2) is 0 Å². The molecule has 0 radical (unpaired) electrons. The summed E-state index contributed by atoms with van der Waals surface area (Å²) in [6.07, 6.45) is 1.70. The van der Waals surface area contributed by atoms with Crippen molar-refractivity contribution in [1.82, 2.24) is 14.9 Å². The van der Waals surface area contributed by atoms with Crippen LogP contribution in [-0.2, 0) is 4.89 Å². The number of pyridine rings is 2. The van der Waals surface area contributed by atoms with Gasteiger partial charge in [0.25, 0.3) is 5.88 Å². The highest BCUT2D eigenvalue weighted by Crippen LogP contribution is 2.33. The minimum Gasteiger partial charge on any atom is -0.394 e. The van der Waals surface area contributed by atoms with Crippen LogP contribution in [0, 0.1) is 0 Å². The van der Waals surface area contributed by atoms with E-state index in [4.69, 9.17) is 16.4 Å². The van der Waals surface area contributed by atoms with Gasteiger partial charge in [0.05, 0.1) is 18.3 Å². The Morgan fingerprint density at radius 1 is 0.853 bits per heavy atom. The summed E-state index contributed by atoms with van der Waals surface area (Å²) in [6, 6.07) is 18.5. The van der Waals surface area contributed by atoms with Gasteiger partial charge < -0.3 is 26.2 Å². The van der Waals surface area contributed by atoms with E-state index < -0.39 is 0 Å². The molecule has 0 aliphatic carbocycles. The van der Waals surface area contributed by atoms with Crippen molar-refractivity contribution >= 4 is 28.1 Å². The summed E-state index contributed by atoms with van der Waals surface area (Å²) < 4.78 is 0. The Bertz CT molecular complexity index is 1320. The maximum absolute atomic E-state index is 6.35. The third-order valence-corrected chi connectivity index (χ3v) is 6.27. The average molecular weight is 457 g/mol. The summed E-state index contributed by atoms with van der Waals surface area (Å²) >= 11 is 0. The number of fused-ring (bicyclic) bond motifs is 1. The smallest absolute Gasteiger partial charge is 0.279 e. The molecule has 0 atom stereocenters. The van der Waals surface area contributed by atoms with Crippen LogP contribution in [0.3, 0.4) is 0 Å². The Morgan fingerprint density at radius 3 is 2.29 bits per heavy atom. The number of piperazine rings is 1. The molecule has 174 valence electrons. The minimum absolute atomic E-state index is 0.240. The molecule has 34 heavy (non-hydrogen) atoms. The van der Waals surface area contributed by atoms with E-state index in [0.717, 1.165) is 59.3 Å². The molecule has 2 aromatic carbocycles. The molecule has 1 saturated heterocycles. The molecule has 2 aromatic heterocycles. The Morgan fingerprint density at radius 2 is 1.59 bits per heavy atom. The van der Waals surface area contributed by atoms with Gasteiger partial charge in [-0.15, -0.1) is 0 Å². The molecule has 4 N–H and O–H groups in total. The van der Waals surface area contributed by atoms with Gasteiger partial charge in [-0.25, -0.2) is 9.97 Å². The fourth-order valence-corrected chi connectivity index (χ4v) is 4.29. The van der Waals surface area contributed by atoms with Crippen LogP contribution < -0.4 is 21.3 Å². The number of nitrogen functional groups attached to an aromatic ring is 2. The van der Waals surface area contributed by atoms with Crippen LogP contribution in [0.2, 0.25) is 0 Å². The van der Waals surface area contributed by atoms with Gasteiger partial charge in [0.2, 0.25) is 0 Å². The third kappa shape index (κ3) is 4.33. The zero-order valence-electron chi connectivity index (χ0n) is 19.4. The summed E-state index contributed by atoms with van der Waals surface area (Å²) in [5.41, 5.74) is 18.7. The van der Waals surface area contributed by atoms with Crippen LogP contribution in [-0.4, -0.2) is 55.2 Å². The number of aromatic nitrogens is 2. The van der Waals surface area contributed by atoms with Crippen LogP contribution in [0.1, 0.15) is 0 Å². The predicted octanol–water partition coefficient (Wildman–Crippen LogP) is 3.82. The van der Waals surface area contributed by atoms with Crippen molar-refractivity contribution in [2.45, 2.75) is 0 Å². The highest BCUT2D eigenvalue weighted by atomic mass is 17.2. The number of hydrogen-bond donors (Lipinski definition) is 2. The molecule has 1 fully saturated rings. The number of nitrogens with zero attached hydrogens (tertiary/aromatic N) is 4. The first-order valence-corrected chi connectivity index (χ1v) is 11.2. The lowest BCUT2D eigenvalue weighted by molar-refractivity contribution is -0.180. The van der Waals surface area contributed by atoms with Crippen LogP contribution in [0.15, 0.2) is 60.8 Å². The SMILES string of the molecule is COOc1ncc(-c2ccc3nc(N)c(-c4ccc(N5CCN(C)CC5)cc4)cc3c2)cc1N. The second-order valence-electron chi connectivity index (χ2n) is 8.53. The number of benzene rings is 2. The first-order chi connectivity index (χ1) is 16.5. The summed E-state index contributed by atoms with van der Waals surface area (Å²) in [5, 5.41) is 0.987. The van der Waals surface area contributed by atoms with Crippen molar-refractivity contribution in [3.8, 4) is 28.1 Å². The summed E-state index contributed by atoms with van der Waals surface area (Å²) in [7, 11) is 3.58. The zero-order valence-corrected chi connectivity index (χ0v) is 19.4. The van der Waals surface area contributed by atoms with Gasteiger partial charge in [-0.05, 0) is 54.6 Å². The zero-order chi connectivity index (χ0) is 23.7. The molecule has 0 amide bonds. The van der Waals surface area contributed by atoms with E-state index in [1.807, 2.05) is 18.2 Å². The lowest BCUT2D eigenvalue weighted by Crippen LogP contribution is -2.44. The first kappa shape index (κ1) is 21.9. The molecule has 1 aliphatic rings. The monoisotopic (exact) mass is 456 g/mol.